The number of quaternary nitrogens is 1. The molecule has 2 aliphatic carbocycles. The Morgan fingerprint density at radius 1 is 0.581 bits per heavy atom. The SMILES string of the molecule is Cc1sc2ccn(Cc3ccc(C(F)(F)F)cc3)c2c1C(=O)NC1(c2ccc(C(=O)O)cc2)CC1.Cc1sc2ccn(Cc3ccc(C(F)(F)F)cc3)c2c1C(=O)NC1(c2ccc(C(=O)[O-])cc2)CC1.OCCN1CCCC1.OCC[NH+]1CCCC1. The summed E-state index contributed by atoms with van der Waals surface area (Å²) in [6.45, 7) is 11.9. The number of rotatable bonds is 16. The molecule has 4 aliphatic rings. The molecule has 2 saturated heterocycles. The van der Waals surface area contributed by atoms with Crippen molar-refractivity contribution in [3.8, 4) is 0 Å². The van der Waals surface area contributed by atoms with Crippen LogP contribution in [0.25, 0.3) is 20.4 Å². The van der Waals surface area contributed by atoms with Crippen molar-refractivity contribution in [2.24, 2.45) is 0 Å². The fourth-order valence-electron chi connectivity index (χ4n) is 11.2. The van der Waals surface area contributed by atoms with E-state index < -0.39 is 46.5 Å². The number of nitrogens with one attached hydrogen (secondary N) is 3. The summed E-state index contributed by atoms with van der Waals surface area (Å²) in [5.74, 6) is -2.71. The van der Waals surface area contributed by atoms with Gasteiger partial charge in [0.1, 0.15) is 6.54 Å². The Morgan fingerprint density at radius 2 is 0.988 bits per heavy atom. The summed E-state index contributed by atoms with van der Waals surface area (Å²) in [7, 11) is 0. The van der Waals surface area contributed by atoms with Crippen LogP contribution in [0.3, 0.4) is 0 Å². The molecule has 4 aromatic heterocycles. The first-order chi connectivity index (χ1) is 41.0. The van der Waals surface area contributed by atoms with E-state index in [4.69, 9.17) is 15.3 Å². The van der Waals surface area contributed by atoms with Crippen LogP contribution in [0.1, 0.15) is 136 Å². The highest BCUT2D eigenvalue weighted by molar-refractivity contribution is 7.19. The second-order valence-electron chi connectivity index (χ2n) is 22.3. The maximum atomic E-state index is 13.5. The lowest BCUT2D eigenvalue weighted by Crippen LogP contribution is -3.10. The van der Waals surface area contributed by atoms with E-state index in [9.17, 15) is 50.6 Å². The Labute approximate surface area is 501 Å². The van der Waals surface area contributed by atoms with Crippen molar-refractivity contribution in [1.82, 2.24) is 24.7 Å². The summed E-state index contributed by atoms with van der Waals surface area (Å²) in [4.78, 5) is 54.7. The molecule has 4 fully saturated rings. The number of β-amino-alcohol motifs (C(OH)–C–C–N with tert-alkyl or cyclic N) is 1. The third kappa shape index (κ3) is 15.1. The van der Waals surface area contributed by atoms with E-state index in [-0.39, 0.29) is 22.9 Å². The van der Waals surface area contributed by atoms with Crippen molar-refractivity contribution in [2.45, 2.75) is 102 Å². The average molecular weight is 1230 g/mol. The number of carbonyl (C=O) groups is 4. The van der Waals surface area contributed by atoms with Gasteiger partial charge in [-0.1, -0.05) is 60.7 Å². The minimum Gasteiger partial charge on any atom is -0.545 e. The Bertz CT molecular complexity index is 3410. The highest BCUT2D eigenvalue weighted by atomic mass is 32.1. The van der Waals surface area contributed by atoms with Gasteiger partial charge < -0.3 is 54.8 Å². The quantitative estimate of drug-likeness (QED) is 0.0511. The van der Waals surface area contributed by atoms with Crippen LogP contribution >= 0.6 is 22.7 Å². The van der Waals surface area contributed by atoms with Gasteiger partial charge in [0.2, 0.25) is 0 Å². The molecule has 8 aromatic rings. The van der Waals surface area contributed by atoms with Gasteiger partial charge in [-0.25, -0.2) is 4.79 Å². The fourth-order valence-corrected chi connectivity index (χ4v) is 13.4. The lowest BCUT2D eigenvalue weighted by atomic mass is 10.0. The van der Waals surface area contributed by atoms with Gasteiger partial charge in [-0.2, -0.15) is 26.3 Å². The van der Waals surface area contributed by atoms with Crippen molar-refractivity contribution in [1.29, 1.82) is 0 Å². The largest absolute Gasteiger partial charge is 0.545 e. The molecular formula is C64H68F6N6O8S2. The minimum absolute atomic E-state index is 0.0763. The van der Waals surface area contributed by atoms with Gasteiger partial charge in [0.15, 0.2) is 0 Å². The monoisotopic (exact) mass is 1230 g/mol. The van der Waals surface area contributed by atoms with E-state index in [0.29, 0.717) is 48.6 Å². The number of amides is 2. The van der Waals surface area contributed by atoms with Crippen LogP contribution in [0.2, 0.25) is 0 Å². The number of thiophene rings is 2. The van der Waals surface area contributed by atoms with Crippen LogP contribution in [0, 0.1) is 13.8 Å². The van der Waals surface area contributed by atoms with Gasteiger partial charge in [0.25, 0.3) is 11.8 Å². The number of alkyl halides is 6. The lowest BCUT2D eigenvalue weighted by Gasteiger charge is -2.19. The van der Waals surface area contributed by atoms with Crippen LogP contribution < -0.4 is 20.6 Å². The maximum absolute atomic E-state index is 13.5. The zero-order valence-corrected chi connectivity index (χ0v) is 49.2. The Kier molecular flexibility index (Phi) is 19.6. The molecule has 0 unspecified atom stereocenters. The fraction of sp³-hybridized carbons (Fsp3) is 0.375. The lowest BCUT2D eigenvalue weighted by molar-refractivity contribution is -0.887. The highest BCUT2D eigenvalue weighted by Gasteiger charge is 2.47. The molecule has 2 amide bonds. The number of aromatic carboxylic acids is 2. The number of carboxylic acid groups (broad SMARTS) is 2. The normalized spacial score (nSPS) is 16.1. The predicted octanol–water partition coefficient (Wildman–Crippen LogP) is 9.79. The molecular weight excluding hydrogens is 1160 g/mol. The van der Waals surface area contributed by atoms with Crippen LogP contribution in [0.15, 0.2) is 122 Å². The van der Waals surface area contributed by atoms with E-state index in [1.807, 2.05) is 47.5 Å². The molecule has 0 radical (unpaired) electrons. The number of aryl methyl sites for hydroxylation is 2. The minimum atomic E-state index is -4.39. The number of carboxylic acids is 2. The first kappa shape index (κ1) is 63.2. The van der Waals surface area contributed by atoms with E-state index in [2.05, 4.69) is 15.5 Å². The first-order valence-corrected chi connectivity index (χ1v) is 30.2. The number of aliphatic hydroxyl groups excluding tert-OH is 2. The zero-order valence-electron chi connectivity index (χ0n) is 47.6. The smallest absolute Gasteiger partial charge is 0.416 e. The molecule has 0 atom stereocenters. The molecule has 6 heterocycles. The van der Waals surface area contributed by atoms with Gasteiger partial charge >= 0.3 is 18.3 Å². The molecule has 6 N–H and O–H groups in total. The van der Waals surface area contributed by atoms with Crippen LogP contribution in [-0.4, -0.2) is 106 Å². The molecule has 4 aromatic carbocycles. The van der Waals surface area contributed by atoms with Crippen molar-refractivity contribution < 1.29 is 70.8 Å². The molecule has 2 aliphatic heterocycles. The van der Waals surface area contributed by atoms with Crippen LogP contribution in [-0.2, 0) is 36.5 Å². The molecule has 86 heavy (non-hydrogen) atoms. The predicted molar refractivity (Wildman–Crippen MR) is 316 cm³/mol. The number of aliphatic hydroxyl groups is 2. The van der Waals surface area contributed by atoms with Gasteiger partial charge in [-0.3, -0.25) is 9.59 Å². The zero-order chi connectivity index (χ0) is 61.6. The highest BCUT2D eigenvalue weighted by Crippen LogP contribution is 2.48. The standard InChI is InChI=1S/2C26H21F3N2O3S.2C6H13NO/c2*1-15-21(23(32)30-25(11-12-25)18-8-4-17(5-9-18)24(33)34)22-20(35-15)10-13-31(22)14-16-2-6-19(7-3-16)26(27,28)29;2*8-6-5-7-3-1-2-4-7/h2*2-10,13H,11-12,14H2,1H3,(H,30,32)(H,33,34);2*8H,1-6H2. The van der Waals surface area contributed by atoms with Crippen LogP contribution in [0.4, 0.5) is 26.3 Å². The number of hydrogen-bond donors (Lipinski definition) is 6. The van der Waals surface area contributed by atoms with Crippen molar-refractivity contribution in [3.05, 3.63) is 187 Å². The van der Waals surface area contributed by atoms with Crippen LogP contribution in [0.5, 0.6) is 0 Å². The molecule has 22 heteroatoms. The van der Waals surface area contributed by atoms with Crippen molar-refractivity contribution in [2.75, 3.05) is 52.5 Å². The van der Waals surface area contributed by atoms with Gasteiger partial charge in [0.05, 0.1) is 91.6 Å². The van der Waals surface area contributed by atoms with Crippen molar-refractivity contribution in [3.63, 3.8) is 0 Å². The first-order valence-electron chi connectivity index (χ1n) is 28.6. The average Bonchev–Trinajstić information content (AvgIpc) is 1.70. The molecule has 456 valence electrons. The van der Waals surface area contributed by atoms with Gasteiger partial charge in [-0.15, -0.1) is 22.7 Å². The van der Waals surface area contributed by atoms with E-state index in [0.717, 1.165) is 104 Å². The number of likely N-dealkylation sites (tertiary alicyclic amines) is 2. The summed E-state index contributed by atoms with van der Waals surface area (Å²) in [6.07, 6.45) is 3.23. The number of fused-ring (bicyclic) bond motifs is 2. The third-order valence-electron chi connectivity index (χ3n) is 16.2. The Hall–Kier alpha value is -7.34. The summed E-state index contributed by atoms with van der Waals surface area (Å²) in [5.41, 5.74) is 3.46. The number of carbonyl (C=O) groups excluding carboxylic acids is 3. The summed E-state index contributed by atoms with van der Waals surface area (Å²) >= 11 is 2.99. The van der Waals surface area contributed by atoms with Crippen molar-refractivity contribution >= 4 is 66.9 Å². The molecule has 12 rings (SSSR count). The van der Waals surface area contributed by atoms with E-state index in [1.54, 1.807) is 29.2 Å². The second kappa shape index (κ2) is 26.7. The van der Waals surface area contributed by atoms with E-state index >= 15 is 0 Å². The summed E-state index contributed by atoms with van der Waals surface area (Å²) in [5, 5.41) is 43.5. The maximum Gasteiger partial charge on any atom is 0.416 e. The number of aromatic nitrogens is 2. The molecule has 14 nitrogen and oxygen atoms in total. The second-order valence-corrected chi connectivity index (χ2v) is 24.8. The third-order valence-corrected chi connectivity index (χ3v) is 18.4. The topological polar surface area (TPSA) is 194 Å². The number of hydrogen-bond acceptors (Lipinski definition) is 10. The Balaban J connectivity index is 0.000000163. The van der Waals surface area contributed by atoms with Gasteiger partial charge in [0, 0.05) is 54.6 Å². The van der Waals surface area contributed by atoms with Gasteiger partial charge in [-0.05, 0) is 142 Å². The molecule has 0 bridgehead atoms. The number of halogens is 6. The van der Waals surface area contributed by atoms with E-state index in [1.165, 1.54) is 123 Å². The molecule has 2 saturated carbocycles. The number of benzene rings is 4. The Morgan fingerprint density at radius 3 is 1.34 bits per heavy atom. The summed E-state index contributed by atoms with van der Waals surface area (Å²) < 4.78 is 83.0. The summed E-state index contributed by atoms with van der Waals surface area (Å²) in [6, 6.07) is 26.7. The molecule has 0 spiro atoms. The number of nitrogens with zero attached hydrogens (tertiary/aromatic N) is 3.